The van der Waals surface area contributed by atoms with Crippen LogP contribution in [0.4, 0.5) is 4.79 Å². The number of carbonyl (C=O) groups excluding carboxylic acids is 2. The van der Waals surface area contributed by atoms with Gasteiger partial charge < -0.3 is 38.6 Å². The summed E-state index contributed by atoms with van der Waals surface area (Å²) in [6.07, 6.45) is 3.97. The Morgan fingerprint density at radius 1 is 0.964 bits per heavy atom. The van der Waals surface area contributed by atoms with Crippen molar-refractivity contribution in [3.8, 4) is 17.2 Å². The molecule has 1 amide bonds. The van der Waals surface area contributed by atoms with Crippen LogP contribution in [-0.2, 0) is 17.8 Å². The predicted molar refractivity (Wildman–Crippen MR) is 201 cm³/mol. The minimum absolute atomic E-state index is 0.0348. The molecule has 0 spiro atoms. The lowest BCUT2D eigenvalue weighted by Crippen LogP contribution is -2.52. The van der Waals surface area contributed by atoms with E-state index in [4.69, 9.17) is 46.6 Å². The van der Waals surface area contributed by atoms with Crippen molar-refractivity contribution in [2.24, 2.45) is 5.92 Å². The number of carbonyl (C=O) groups is 2. The largest absolute Gasteiger partial charge is 0.543 e. The fourth-order valence-corrected chi connectivity index (χ4v) is 8.07. The molecule has 3 aliphatic heterocycles. The first-order chi connectivity index (χ1) is 27.1. The molecule has 0 aliphatic carbocycles. The summed E-state index contributed by atoms with van der Waals surface area (Å²) in [7, 11) is 2.98. The molecular formula is C41H40Cl2N4O9. The van der Waals surface area contributed by atoms with Gasteiger partial charge in [-0.25, -0.2) is 9.78 Å². The number of alkyl carbamates (subject to hydrolysis) is 1. The number of carboxylic acids is 1. The van der Waals surface area contributed by atoms with Gasteiger partial charge in [-0.3, -0.25) is 10.1 Å². The van der Waals surface area contributed by atoms with E-state index in [2.05, 4.69) is 15.2 Å². The highest BCUT2D eigenvalue weighted by Crippen LogP contribution is 2.39. The minimum atomic E-state index is -1.57. The number of ether oxygens (including phenoxy) is 4. The van der Waals surface area contributed by atoms with E-state index in [0.29, 0.717) is 34.3 Å². The fourth-order valence-electron chi connectivity index (χ4n) is 7.46. The van der Waals surface area contributed by atoms with Crippen molar-refractivity contribution in [1.82, 2.24) is 15.2 Å². The molecule has 292 valence electrons. The van der Waals surface area contributed by atoms with Crippen LogP contribution in [0.5, 0.6) is 17.2 Å². The average Bonchev–Trinajstić information content (AvgIpc) is 3.64. The zero-order valence-corrected chi connectivity index (χ0v) is 32.2. The second-order valence-electron chi connectivity index (χ2n) is 13.7. The number of hydrogen-bond acceptors (Lipinski definition) is 11. The number of carboxylic acid groups (broad SMARTS) is 1. The Kier molecular flexibility index (Phi) is 11.8. The van der Waals surface area contributed by atoms with Gasteiger partial charge in [0, 0.05) is 22.8 Å². The van der Waals surface area contributed by atoms with Gasteiger partial charge in [0.05, 0.1) is 26.2 Å². The third-order valence-corrected chi connectivity index (χ3v) is 10.9. The number of nitrogens with zero attached hydrogens (tertiary/aromatic N) is 3. The Balaban J connectivity index is 1.15. The van der Waals surface area contributed by atoms with Crippen molar-refractivity contribution in [3.63, 3.8) is 0 Å². The molecule has 15 heteroatoms. The molecule has 3 fully saturated rings. The van der Waals surface area contributed by atoms with Gasteiger partial charge in [0.1, 0.15) is 33.4 Å². The van der Waals surface area contributed by atoms with Gasteiger partial charge in [-0.05, 0) is 79.2 Å². The van der Waals surface area contributed by atoms with Crippen LogP contribution in [0.25, 0.3) is 0 Å². The number of oxazole rings is 1. The highest BCUT2D eigenvalue weighted by atomic mass is 35.5. The first-order valence-corrected chi connectivity index (χ1v) is 18.8. The van der Waals surface area contributed by atoms with E-state index < -0.39 is 29.7 Å². The van der Waals surface area contributed by atoms with E-state index in [1.165, 1.54) is 26.6 Å². The smallest absolute Gasteiger partial charge is 0.408 e. The number of hydrogen-bond donors (Lipinski definition) is 2. The number of methoxy groups -OCH3 is 2. The maximum Gasteiger partial charge on any atom is 0.408 e. The molecular weight excluding hydrogens is 763 g/mol. The molecule has 0 radical (unpaired) electrons. The molecule has 8 rings (SSSR count). The van der Waals surface area contributed by atoms with Crippen LogP contribution in [0.15, 0.2) is 89.6 Å². The Labute approximate surface area is 333 Å². The standard InChI is InChI=1S/C41H40Cl2N4O9/c1-52-33-12-11-26(18-34(33)53-2)29(19-30-31(42)20-47(51)21-32(30)43)39-38(40(48)49)44-36(56-39)23-54-28-10-6-9-27(17-28)37(25-7-4-3-5-8-25)45-41(50)55-35-22-46-15-13-24(35)14-16-46/h3-12,17-18,20-21,24,29,35,37H,13-16,19,22-23H2,1-2H3,(H2-,45,48,49,50,51)/t29-,35-,37-/m0/s1. The van der Waals surface area contributed by atoms with Crippen LogP contribution in [0, 0.1) is 5.92 Å². The number of rotatable bonds is 14. The van der Waals surface area contributed by atoms with Crippen LogP contribution in [0.3, 0.4) is 0 Å². The highest BCUT2D eigenvalue weighted by molar-refractivity contribution is 6.35. The zero-order valence-electron chi connectivity index (χ0n) is 30.7. The van der Waals surface area contributed by atoms with Gasteiger partial charge in [0.15, 0.2) is 18.1 Å². The van der Waals surface area contributed by atoms with E-state index in [-0.39, 0.29) is 40.8 Å². The van der Waals surface area contributed by atoms with Crippen LogP contribution in [0.2, 0.25) is 10.0 Å². The lowest BCUT2D eigenvalue weighted by atomic mass is 9.86. The first-order valence-electron chi connectivity index (χ1n) is 18.1. The van der Waals surface area contributed by atoms with Gasteiger partial charge in [-0.1, -0.05) is 71.7 Å². The number of aromatic carboxylic acids is 1. The number of nitrogens with one attached hydrogen (secondary N) is 1. The fraction of sp³-hybridized carbons (Fsp3) is 0.317. The number of piperidine rings is 3. The molecule has 5 aromatic rings. The Hall–Kier alpha value is -5.50. The molecule has 56 heavy (non-hydrogen) atoms. The molecule has 2 aromatic heterocycles. The zero-order chi connectivity index (χ0) is 39.3. The first kappa shape index (κ1) is 38.8. The summed E-state index contributed by atoms with van der Waals surface area (Å²) in [5, 5.41) is 25.9. The molecule has 0 unspecified atom stereocenters. The van der Waals surface area contributed by atoms with Crippen LogP contribution < -0.4 is 29.4 Å². The molecule has 13 nitrogen and oxygen atoms in total. The molecule has 5 heterocycles. The number of pyridine rings is 1. The quantitative estimate of drug-likeness (QED) is 0.104. The summed E-state index contributed by atoms with van der Waals surface area (Å²) in [6.45, 7) is 2.57. The number of halogens is 2. The minimum Gasteiger partial charge on any atom is -0.543 e. The lowest BCUT2D eigenvalue weighted by molar-refractivity contribution is -0.904. The van der Waals surface area contributed by atoms with Gasteiger partial charge in [0.25, 0.3) is 0 Å². The van der Waals surface area contributed by atoms with E-state index in [1.807, 2.05) is 36.4 Å². The van der Waals surface area contributed by atoms with E-state index in [0.717, 1.165) is 48.3 Å². The maximum absolute atomic E-state index is 13.3. The predicted octanol–water partition coefficient (Wildman–Crippen LogP) is 5.75. The highest BCUT2D eigenvalue weighted by Gasteiger charge is 2.37. The van der Waals surface area contributed by atoms with E-state index in [9.17, 15) is 19.9 Å². The monoisotopic (exact) mass is 802 g/mol. The Morgan fingerprint density at radius 3 is 2.34 bits per heavy atom. The number of amides is 1. The SMILES string of the molecule is COc1ccc([C@H](Cc2c(Cl)c[n+](O)cc2Cl)c2oc(COc3cccc([C@@H](NC(=O)O[C@H]4CN5CCC4CC5)c4ccccc4)c3)nc2C(=O)[O-])cc1OC. The second kappa shape index (κ2) is 17.1. The normalized spacial score (nSPS) is 18.5. The Bertz CT molecular complexity index is 2170. The van der Waals surface area contributed by atoms with E-state index >= 15 is 0 Å². The third-order valence-electron chi connectivity index (χ3n) is 10.3. The van der Waals surface area contributed by atoms with Crippen molar-refractivity contribution >= 4 is 35.3 Å². The summed E-state index contributed by atoms with van der Waals surface area (Å²) in [5.41, 5.74) is 2.13. The van der Waals surface area contributed by atoms with Crippen molar-refractivity contribution in [3.05, 3.63) is 135 Å². The second-order valence-corrected chi connectivity index (χ2v) is 14.5. The van der Waals surface area contributed by atoms with Crippen LogP contribution in [0.1, 0.15) is 69.2 Å². The maximum atomic E-state index is 13.3. The van der Waals surface area contributed by atoms with Crippen molar-refractivity contribution in [1.29, 1.82) is 0 Å². The summed E-state index contributed by atoms with van der Waals surface area (Å²) in [6, 6.07) is 21.3. The molecule has 0 saturated carbocycles. The molecule has 3 aliphatic rings. The number of benzene rings is 3. The molecule has 2 N–H and O–H groups in total. The van der Waals surface area contributed by atoms with Crippen LogP contribution >= 0.6 is 23.2 Å². The third kappa shape index (κ3) is 8.65. The van der Waals surface area contributed by atoms with Crippen molar-refractivity contribution in [2.45, 2.75) is 43.9 Å². The average molecular weight is 804 g/mol. The van der Waals surface area contributed by atoms with Gasteiger partial charge >= 0.3 is 6.09 Å². The van der Waals surface area contributed by atoms with Gasteiger partial charge in [0.2, 0.25) is 18.3 Å². The topological polar surface area (TPSA) is 160 Å². The summed E-state index contributed by atoms with van der Waals surface area (Å²) in [5.74, 6) is -0.832. The number of aromatic nitrogens is 2. The van der Waals surface area contributed by atoms with Crippen molar-refractivity contribution < 1.29 is 48.0 Å². The molecule has 3 atom stereocenters. The Morgan fingerprint density at radius 2 is 1.68 bits per heavy atom. The molecule has 2 bridgehead atoms. The van der Waals surface area contributed by atoms with E-state index in [1.54, 1.807) is 36.4 Å². The van der Waals surface area contributed by atoms with Crippen LogP contribution in [-0.4, -0.2) is 67.1 Å². The lowest BCUT2D eigenvalue weighted by Gasteiger charge is -2.43. The molecule has 3 aromatic carbocycles. The summed E-state index contributed by atoms with van der Waals surface area (Å²) < 4.78 is 29.9. The van der Waals surface area contributed by atoms with Gasteiger partial charge in [-0.15, -0.1) is 0 Å². The summed E-state index contributed by atoms with van der Waals surface area (Å²) in [4.78, 5) is 32.5. The van der Waals surface area contributed by atoms with Crippen molar-refractivity contribution in [2.75, 3.05) is 33.9 Å². The summed E-state index contributed by atoms with van der Waals surface area (Å²) >= 11 is 13.0. The molecule has 3 saturated heterocycles. The number of fused-ring (bicyclic) bond motifs is 3. The van der Waals surface area contributed by atoms with Gasteiger partial charge in [-0.2, -0.15) is 0 Å².